The molecule has 33 nitrogen and oxygen atoms in total. The minimum absolute atomic E-state index is 0.0122. The highest BCUT2D eigenvalue weighted by Gasteiger charge is 2.31. The van der Waals surface area contributed by atoms with E-state index < -0.39 is 48.3 Å². The van der Waals surface area contributed by atoms with E-state index in [2.05, 4.69) is 79.2 Å². The summed E-state index contributed by atoms with van der Waals surface area (Å²) in [6, 6.07) is 65.6. The highest BCUT2D eigenvalue weighted by Crippen LogP contribution is 2.38. The number of nitrogens with zero attached hydrogens (tertiary/aromatic N) is 1. The van der Waals surface area contributed by atoms with Crippen LogP contribution in [0.4, 0.5) is 121 Å². The van der Waals surface area contributed by atoms with E-state index in [1.165, 1.54) is 128 Å². The van der Waals surface area contributed by atoms with Gasteiger partial charge in [0.2, 0.25) is 6.79 Å². The van der Waals surface area contributed by atoms with Crippen molar-refractivity contribution in [1.82, 2.24) is 5.32 Å². The van der Waals surface area contributed by atoms with Crippen LogP contribution >= 0.6 is 81.2 Å². The van der Waals surface area contributed by atoms with E-state index in [1.54, 1.807) is 98.1 Å². The molecule has 734 valence electrons. The lowest BCUT2D eigenvalue weighted by atomic mass is 9.96. The fourth-order valence-electron chi connectivity index (χ4n) is 12.3. The van der Waals surface area contributed by atoms with E-state index in [0.717, 1.165) is 60.2 Å². The minimum atomic E-state index is -4.78. The topological polar surface area (TPSA) is 490 Å². The first-order valence-corrected chi connectivity index (χ1v) is 44.3. The van der Waals surface area contributed by atoms with Crippen molar-refractivity contribution in [3.63, 3.8) is 0 Å². The number of fused-ring (bicyclic) bond motifs is 1. The van der Waals surface area contributed by atoms with Gasteiger partial charge >= 0.3 is 48.6 Å². The molecule has 0 unspecified atom stereocenters. The normalized spacial score (nSPS) is 11.2. The lowest BCUT2D eigenvalue weighted by Gasteiger charge is -2.23. The number of phenolic OH excluding ortho intramolecular Hbond substituents is 7. The molecule has 0 radical (unpaired) electrons. The Morgan fingerprint density at radius 3 is 1.03 bits per heavy atom. The second-order valence-electron chi connectivity index (χ2n) is 29.7. The van der Waals surface area contributed by atoms with Crippen molar-refractivity contribution in [3.05, 3.63) is 318 Å². The highest BCUT2D eigenvalue weighted by molar-refractivity contribution is 6.33. The van der Waals surface area contributed by atoms with Crippen LogP contribution in [0.25, 0.3) is 0 Å². The van der Waals surface area contributed by atoms with E-state index in [4.69, 9.17) is 101 Å². The third-order valence-electron chi connectivity index (χ3n) is 19.1. The number of alkyl halides is 3. The average molecular weight is 2070 g/mol. The predicted octanol–water partition coefficient (Wildman–Crippen LogP) is 27.1. The van der Waals surface area contributed by atoms with Crippen LogP contribution in [0.2, 0.25) is 35.2 Å². The third kappa shape index (κ3) is 37.4. The number of phenols is 7. The number of carbonyl (C=O) groups is 7. The fraction of sp³-hybridized carbons (Fsp3) is 0.122. The number of hydrogen-bond donors (Lipinski definition) is 21. The van der Waals surface area contributed by atoms with Gasteiger partial charge in [0.15, 0.2) is 11.5 Å². The Morgan fingerprint density at radius 2 is 0.652 bits per heavy atom. The molecule has 0 aromatic heterocycles. The molecule has 141 heavy (non-hydrogen) atoms. The monoisotopic (exact) mass is 2070 g/mol. The third-order valence-corrected chi connectivity index (χ3v) is 20.7. The number of rotatable bonds is 16. The first-order chi connectivity index (χ1) is 67.2. The molecule has 2 aliphatic rings. The first-order valence-electron chi connectivity index (χ1n) is 41.7. The van der Waals surface area contributed by atoms with Crippen molar-refractivity contribution in [2.75, 3.05) is 83.0 Å². The highest BCUT2D eigenvalue weighted by atomic mass is 35.5. The van der Waals surface area contributed by atoms with Crippen LogP contribution in [-0.4, -0.2) is 104 Å². The van der Waals surface area contributed by atoms with Gasteiger partial charge < -0.3 is 129 Å². The van der Waals surface area contributed by atoms with E-state index >= 15 is 0 Å². The molecule has 14 amide bonds. The summed E-state index contributed by atoms with van der Waals surface area (Å²) < 4.78 is 55.3. The number of nitrogens with one attached hydrogen (secondary N) is 14. The second kappa shape index (κ2) is 53.5. The van der Waals surface area contributed by atoms with Gasteiger partial charge in [-0.3, -0.25) is 0 Å². The molecule has 1 saturated carbocycles. The number of carbonyl (C=O) groups excluding carboxylic acids is 7. The zero-order chi connectivity index (χ0) is 102. The summed E-state index contributed by atoms with van der Waals surface area (Å²) >= 11 is 40.6. The summed E-state index contributed by atoms with van der Waals surface area (Å²) in [5, 5.41) is 115. The standard InChI is InChI=1S/C15H15ClN2O2.C14H10ClF3N2O3.C14H10ClN3O2.C14H11ClN2O4.C14H13ClN2O3.C14H13ClN2O2.C13H17ClN2O2/c1-9-4-3-5-10(2)14(9)18-15(20)17-12-8-11(16)6-7-13(12)19;15-8-1-6-12(21)11(7-8)20-13(22)19-9-2-4-10(5-3-9)23-14(16,17)18;15-10-3-6-13(19)12(7-10)18-14(20)17-11-4-1-9(8-16)2-5-11;15-8-1-3-11(18)10(5-8)17-14(19)16-9-2-4-12-13(6-9)21-7-20-12;1-20-11-4-2-3-10(8-11)16-14(19)17-12-7-9(15)5-6-13(12)18;1-9-4-2-3-5-11(9)16-14(19)17-12-8-10(15)6-7-13(12)18;14-9-6-7-12(17)11(8-9)16-13(18)15-10-4-2-1-3-5-10/h3-8,19H,1-2H3,(H2,17,18,20);1-7,21H,(H2,19,20,22);1-7,19H,(H2,17,18,20);1-6,18H,7H2,(H2,16,17,19);2-8,18H,1H3,(H2,16,17,19);2-8,18H,1H3,(H2,16,17,19);6-8,10,17H,1-5H2,(H2,15,16,18). The summed E-state index contributed by atoms with van der Waals surface area (Å²) in [6.07, 6.45) is 0.829. The number of methoxy groups -OCH3 is 1. The Labute approximate surface area is 839 Å². The van der Waals surface area contributed by atoms with E-state index in [1.807, 2.05) is 63.2 Å². The number of nitriles is 1. The first kappa shape index (κ1) is 109. The van der Waals surface area contributed by atoms with Crippen molar-refractivity contribution in [2.24, 2.45) is 0 Å². The summed E-state index contributed by atoms with van der Waals surface area (Å²) in [5.41, 5.74) is 8.35. The summed E-state index contributed by atoms with van der Waals surface area (Å²) in [5.74, 6) is 0.975. The molecule has 0 atom stereocenters. The van der Waals surface area contributed by atoms with Gasteiger partial charge in [-0.05, 0) is 257 Å². The number of ether oxygens (including phenoxy) is 4. The Bertz CT molecular complexity index is 6600. The predicted molar refractivity (Wildman–Crippen MR) is 544 cm³/mol. The maximum absolute atomic E-state index is 12.0. The zero-order valence-corrected chi connectivity index (χ0v) is 79.8. The van der Waals surface area contributed by atoms with Gasteiger partial charge in [-0.25, -0.2) is 33.6 Å². The van der Waals surface area contributed by atoms with Crippen LogP contribution in [-0.2, 0) is 0 Å². The molecule has 1 heterocycles. The molecular weight excluding hydrogens is 1980 g/mol. The van der Waals surface area contributed by atoms with Crippen molar-refractivity contribution >= 4 is 197 Å². The number of halogens is 10. The Morgan fingerprint density at radius 1 is 0.333 bits per heavy atom. The van der Waals surface area contributed by atoms with Gasteiger partial charge in [0, 0.05) is 87.5 Å². The summed E-state index contributed by atoms with van der Waals surface area (Å²) in [7, 11) is 1.54. The SMILES string of the molecule is COc1cccc(NC(=O)Nc2cc(Cl)ccc2O)c1.Cc1cccc(C)c1NC(=O)Nc1cc(Cl)ccc1O.Cc1ccccc1NC(=O)Nc1cc(Cl)ccc1O.N#Cc1ccc(NC(=O)Nc2cc(Cl)ccc2O)cc1.O=C(Nc1cc(Cl)ccc1O)NC1CCCCC1.O=C(Nc1ccc(OC(F)(F)F)cc1)Nc1cc(Cl)ccc1O.O=C(Nc1ccc2c(c1)OCO2)Nc1cc(Cl)ccc1O. The van der Waals surface area contributed by atoms with Crippen molar-refractivity contribution in [1.29, 1.82) is 5.26 Å². The molecule has 43 heteroatoms. The number of amides is 14. The summed E-state index contributed by atoms with van der Waals surface area (Å²) in [4.78, 5) is 82.8. The maximum Gasteiger partial charge on any atom is 0.573 e. The van der Waals surface area contributed by atoms with Crippen LogP contribution in [0.3, 0.4) is 0 Å². The number of urea groups is 7. The Hall–Kier alpha value is -16.1. The molecule has 0 spiro atoms. The quantitative estimate of drug-likeness (QED) is 0.0400. The van der Waals surface area contributed by atoms with E-state index in [-0.39, 0.29) is 98.9 Å². The Balaban J connectivity index is 0.000000184. The zero-order valence-electron chi connectivity index (χ0n) is 74.5. The number of hydrogen-bond acceptors (Lipinski definition) is 19. The van der Waals surface area contributed by atoms with Crippen LogP contribution < -0.4 is 93.4 Å². The molecule has 21 N–H and O–H groups in total. The number of aryl methyl sites for hydroxylation is 3. The lowest BCUT2D eigenvalue weighted by molar-refractivity contribution is -0.274. The number of benzene rings is 13. The molecule has 15 rings (SSSR count). The molecule has 1 aliphatic carbocycles. The van der Waals surface area contributed by atoms with E-state index in [0.29, 0.717) is 86.4 Å². The van der Waals surface area contributed by atoms with Crippen LogP contribution in [0, 0.1) is 32.1 Å². The van der Waals surface area contributed by atoms with Gasteiger partial charge in [-0.2, -0.15) is 5.26 Å². The second-order valence-corrected chi connectivity index (χ2v) is 32.7. The maximum atomic E-state index is 12.0. The van der Waals surface area contributed by atoms with Crippen LogP contribution in [0.5, 0.6) is 63.2 Å². The lowest BCUT2D eigenvalue weighted by Crippen LogP contribution is -2.39. The molecular formula is C98H89Cl7F3N15O18. The molecule has 0 bridgehead atoms. The van der Waals surface area contributed by atoms with Crippen molar-refractivity contribution in [3.8, 4) is 69.3 Å². The van der Waals surface area contributed by atoms with Crippen molar-refractivity contribution < 1.29 is 101 Å². The molecule has 1 fully saturated rings. The summed E-state index contributed by atoms with van der Waals surface area (Å²) in [6.45, 7) is 5.90. The van der Waals surface area contributed by atoms with Gasteiger partial charge in [-0.15, -0.1) is 13.2 Å². The van der Waals surface area contributed by atoms with Crippen molar-refractivity contribution in [2.45, 2.75) is 65.3 Å². The smallest absolute Gasteiger partial charge is 0.506 e. The number of para-hydroxylation sites is 2. The van der Waals surface area contributed by atoms with Gasteiger partial charge in [-0.1, -0.05) is 143 Å². The van der Waals surface area contributed by atoms with Crippen LogP contribution in [0.1, 0.15) is 54.4 Å². The van der Waals surface area contributed by atoms with E-state index in [9.17, 15) is 82.5 Å². The molecule has 0 saturated heterocycles. The largest absolute Gasteiger partial charge is 0.573 e. The molecule has 13 aromatic carbocycles. The molecule has 13 aromatic rings. The van der Waals surface area contributed by atoms with Gasteiger partial charge in [0.1, 0.15) is 51.7 Å². The number of anilines is 13. The average Bonchev–Trinajstić information content (AvgIpc) is 1.79. The van der Waals surface area contributed by atoms with Crippen LogP contribution in [0.15, 0.2) is 261 Å². The van der Waals surface area contributed by atoms with Gasteiger partial charge in [0.05, 0.1) is 58.6 Å². The number of aromatic hydroxyl groups is 7. The minimum Gasteiger partial charge on any atom is -0.506 e. The van der Waals surface area contributed by atoms with Gasteiger partial charge in [0.25, 0.3) is 0 Å². The fourth-order valence-corrected chi connectivity index (χ4v) is 13.5. The Kier molecular flexibility index (Phi) is 41.2. The molecule has 1 aliphatic heterocycles.